The van der Waals surface area contributed by atoms with E-state index in [1.807, 2.05) is 0 Å². The van der Waals surface area contributed by atoms with E-state index in [4.69, 9.17) is 11.5 Å². The van der Waals surface area contributed by atoms with Crippen molar-refractivity contribution >= 4 is 0 Å². The molecule has 0 aromatic heterocycles. The molecule has 2 heteroatoms. The van der Waals surface area contributed by atoms with E-state index < -0.39 is 0 Å². The number of nitrogens with two attached hydrogens (primary N) is 2. The van der Waals surface area contributed by atoms with Gasteiger partial charge in [-0.1, -0.05) is 32.6 Å². The second kappa shape index (κ2) is 6.05. The molecule has 0 saturated carbocycles. The molecule has 0 amide bonds. The van der Waals surface area contributed by atoms with Gasteiger partial charge in [0.25, 0.3) is 0 Å². The normalized spacial score (nSPS) is 10.7. The predicted molar refractivity (Wildman–Crippen MR) is 40.9 cm³/mol. The van der Waals surface area contributed by atoms with Crippen molar-refractivity contribution in [3.05, 3.63) is 0 Å². The Kier molecular flexibility index (Phi) is 5.99. The molecule has 0 aromatic carbocycles. The average Bonchev–Trinajstić information content (AvgIpc) is 1.80. The van der Waals surface area contributed by atoms with Crippen molar-refractivity contribution in [1.29, 1.82) is 0 Å². The van der Waals surface area contributed by atoms with E-state index in [0.29, 0.717) is 0 Å². The van der Waals surface area contributed by atoms with E-state index in [0.717, 1.165) is 6.42 Å². The first kappa shape index (κ1) is 8.92. The van der Waals surface area contributed by atoms with Crippen LogP contribution in [0.25, 0.3) is 0 Å². The highest BCUT2D eigenvalue weighted by Crippen LogP contribution is 2.01. The van der Waals surface area contributed by atoms with Gasteiger partial charge in [0.2, 0.25) is 0 Å². The summed E-state index contributed by atoms with van der Waals surface area (Å²) in [4.78, 5) is 0. The molecule has 0 bridgehead atoms. The Morgan fingerprint density at radius 2 is 1.78 bits per heavy atom. The van der Waals surface area contributed by atoms with E-state index in [9.17, 15) is 0 Å². The van der Waals surface area contributed by atoms with Crippen LogP contribution in [0.15, 0.2) is 0 Å². The highest BCUT2D eigenvalue weighted by molar-refractivity contribution is 4.50. The van der Waals surface area contributed by atoms with E-state index >= 15 is 0 Å². The first-order valence-electron chi connectivity index (χ1n) is 3.78. The zero-order valence-electron chi connectivity index (χ0n) is 6.27. The van der Waals surface area contributed by atoms with Crippen LogP contribution in [0.5, 0.6) is 0 Å². The number of rotatable bonds is 5. The van der Waals surface area contributed by atoms with E-state index in [2.05, 4.69) is 6.92 Å². The fraction of sp³-hybridized carbons (Fsp3) is 1.00. The van der Waals surface area contributed by atoms with Gasteiger partial charge < -0.3 is 11.5 Å². The molecule has 0 aliphatic rings. The molecular formula is C7H18N2. The Bertz CT molecular complexity index is 52.9. The fourth-order valence-electron chi connectivity index (χ4n) is 0.807. The predicted octanol–water partition coefficient (Wildman–Crippen LogP) is 1.20. The van der Waals surface area contributed by atoms with Gasteiger partial charge >= 0.3 is 0 Å². The molecule has 0 aliphatic heterocycles. The van der Waals surface area contributed by atoms with Crippen molar-refractivity contribution in [2.75, 3.05) is 0 Å². The summed E-state index contributed by atoms with van der Waals surface area (Å²) in [6.45, 7) is 2.20. The molecule has 0 rings (SSSR count). The van der Waals surface area contributed by atoms with E-state index in [1.54, 1.807) is 0 Å². The van der Waals surface area contributed by atoms with Crippen LogP contribution >= 0.6 is 0 Å². The summed E-state index contributed by atoms with van der Waals surface area (Å²) in [5.41, 5.74) is 10.7. The molecule has 56 valence electrons. The minimum absolute atomic E-state index is 0.0955. The molecule has 0 heterocycles. The highest BCUT2D eigenvalue weighted by Gasteiger charge is 1.92. The molecule has 0 spiro atoms. The van der Waals surface area contributed by atoms with Crippen molar-refractivity contribution in [3.8, 4) is 0 Å². The largest absolute Gasteiger partial charge is 0.316 e. The first-order chi connectivity index (χ1) is 4.27. The topological polar surface area (TPSA) is 52.0 Å². The second-order valence-corrected chi connectivity index (χ2v) is 2.51. The maximum atomic E-state index is 5.35. The lowest BCUT2D eigenvalue weighted by molar-refractivity contribution is 0.561. The molecule has 0 aliphatic carbocycles. The summed E-state index contributed by atoms with van der Waals surface area (Å²) in [5, 5.41) is 0. The van der Waals surface area contributed by atoms with Gasteiger partial charge in [0.1, 0.15) is 0 Å². The standard InChI is InChI=1S/C7H18N2/c1-2-3-4-5-6-7(8)9/h7H,2-6,8-9H2,1H3. The monoisotopic (exact) mass is 130 g/mol. The lowest BCUT2D eigenvalue weighted by atomic mass is 10.1. The number of hydrogen-bond donors (Lipinski definition) is 2. The van der Waals surface area contributed by atoms with Crippen molar-refractivity contribution in [3.63, 3.8) is 0 Å². The smallest absolute Gasteiger partial charge is 0.0520 e. The second-order valence-electron chi connectivity index (χ2n) is 2.51. The zero-order chi connectivity index (χ0) is 7.11. The third-order valence-corrected chi connectivity index (χ3v) is 1.39. The Hall–Kier alpha value is -0.0800. The SMILES string of the molecule is CCCCCCC(N)N. The van der Waals surface area contributed by atoms with Gasteiger partial charge in [0.15, 0.2) is 0 Å². The third-order valence-electron chi connectivity index (χ3n) is 1.39. The summed E-state index contributed by atoms with van der Waals surface area (Å²) in [6.07, 6.45) is 5.93. The molecule has 0 aromatic rings. The Balaban J connectivity index is 2.75. The Morgan fingerprint density at radius 1 is 1.11 bits per heavy atom. The van der Waals surface area contributed by atoms with Crippen LogP contribution in [-0.2, 0) is 0 Å². The first-order valence-corrected chi connectivity index (χ1v) is 3.78. The van der Waals surface area contributed by atoms with Gasteiger partial charge in [0.05, 0.1) is 6.17 Å². The molecule has 0 radical (unpaired) electrons. The van der Waals surface area contributed by atoms with Crippen LogP contribution in [0.1, 0.15) is 39.0 Å². The minimum atomic E-state index is -0.0955. The van der Waals surface area contributed by atoms with Gasteiger partial charge in [-0.15, -0.1) is 0 Å². The van der Waals surface area contributed by atoms with Crippen molar-refractivity contribution in [1.82, 2.24) is 0 Å². The van der Waals surface area contributed by atoms with Crippen molar-refractivity contribution < 1.29 is 0 Å². The fourth-order valence-corrected chi connectivity index (χ4v) is 0.807. The summed E-state index contributed by atoms with van der Waals surface area (Å²) < 4.78 is 0. The average molecular weight is 130 g/mol. The van der Waals surface area contributed by atoms with Crippen molar-refractivity contribution in [2.45, 2.75) is 45.2 Å². The molecule has 9 heavy (non-hydrogen) atoms. The lowest BCUT2D eigenvalue weighted by Crippen LogP contribution is -2.29. The Morgan fingerprint density at radius 3 is 2.22 bits per heavy atom. The Labute approximate surface area is 57.6 Å². The number of hydrogen-bond acceptors (Lipinski definition) is 2. The maximum absolute atomic E-state index is 5.35. The molecule has 2 nitrogen and oxygen atoms in total. The molecule has 4 N–H and O–H groups in total. The van der Waals surface area contributed by atoms with Crippen LogP contribution in [0.3, 0.4) is 0 Å². The zero-order valence-corrected chi connectivity index (χ0v) is 6.27. The maximum Gasteiger partial charge on any atom is 0.0520 e. The molecule has 0 atom stereocenters. The van der Waals surface area contributed by atoms with Gasteiger partial charge in [-0.25, -0.2) is 0 Å². The van der Waals surface area contributed by atoms with Gasteiger partial charge in [-0.05, 0) is 6.42 Å². The molecular weight excluding hydrogens is 112 g/mol. The molecule has 0 saturated heterocycles. The number of unbranched alkanes of at least 4 members (excludes halogenated alkanes) is 3. The third kappa shape index (κ3) is 7.92. The van der Waals surface area contributed by atoms with Crippen molar-refractivity contribution in [2.24, 2.45) is 11.5 Å². The van der Waals surface area contributed by atoms with Gasteiger partial charge in [-0.2, -0.15) is 0 Å². The van der Waals surface area contributed by atoms with Crippen LogP contribution in [0.4, 0.5) is 0 Å². The quantitative estimate of drug-likeness (QED) is 0.434. The molecule has 0 fully saturated rings. The molecule has 0 unspecified atom stereocenters. The summed E-state index contributed by atoms with van der Waals surface area (Å²) in [7, 11) is 0. The highest BCUT2D eigenvalue weighted by atomic mass is 14.8. The van der Waals surface area contributed by atoms with Crippen LogP contribution < -0.4 is 11.5 Å². The van der Waals surface area contributed by atoms with E-state index in [1.165, 1.54) is 25.7 Å². The van der Waals surface area contributed by atoms with E-state index in [-0.39, 0.29) is 6.17 Å². The minimum Gasteiger partial charge on any atom is -0.316 e. The van der Waals surface area contributed by atoms with Crippen LogP contribution in [-0.4, -0.2) is 6.17 Å². The summed E-state index contributed by atoms with van der Waals surface area (Å²) >= 11 is 0. The van der Waals surface area contributed by atoms with Crippen LogP contribution in [0, 0.1) is 0 Å². The van der Waals surface area contributed by atoms with Crippen LogP contribution in [0.2, 0.25) is 0 Å². The van der Waals surface area contributed by atoms with Gasteiger partial charge in [0, 0.05) is 0 Å². The lowest BCUT2D eigenvalue weighted by Gasteiger charge is -2.02. The summed E-state index contributed by atoms with van der Waals surface area (Å²) in [6, 6.07) is 0. The van der Waals surface area contributed by atoms with Gasteiger partial charge in [-0.3, -0.25) is 0 Å². The summed E-state index contributed by atoms with van der Waals surface area (Å²) in [5.74, 6) is 0.